The minimum absolute atomic E-state index is 0.250. The van der Waals surface area contributed by atoms with E-state index in [4.69, 9.17) is 5.41 Å². The molecule has 3 aromatic carbocycles. The van der Waals surface area contributed by atoms with Gasteiger partial charge in [0.2, 0.25) is 0 Å². The summed E-state index contributed by atoms with van der Waals surface area (Å²) in [5.41, 5.74) is 2.92. The summed E-state index contributed by atoms with van der Waals surface area (Å²) in [6, 6.07) is 15.2. The number of carboxylic acid groups (broad SMARTS) is 1. The molecule has 6 nitrogen and oxygen atoms in total. The zero-order chi connectivity index (χ0) is 26.0. The molecule has 4 rings (SSSR count). The predicted octanol–water partition coefficient (Wildman–Crippen LogP) is 6.49. The largest absolute Gasteiger partial charge is 0.573 e. The highest BCUT2D eigenvalue weighted by molar-refractivity contribution is 6.06. The number of nitrogens with zero attached hydrogens (tertiary/aromatic N) is 1. The Bertz CT molecular complexity index is 1450. The SMILES string of the molecule is CC(Nc1c(C=N)c(-c2ccc(-c3cccc(OC(F)(F)F)c3)cc2)nc2ccc(F)cc12)C(=O)O. The van der Waals surface area contributed by atoms with E-state index in [2.05, 4.69) is 15.0 Å². The Morgan fingerprint density at radius 2 is 1.75 bits per heavy atom. The first kappa shape index (κ1) is 24.6. The van der Waals surface area contributed by atoms with Crippen LogP contribution >= 0.6 is 0 Å². The lowest BCUT2D eigenvalue weighted by atomic mass is 9.98. The predicted molar refractivity (Wildman–Crippen MR) is 128 cm³/mol. The van der Waals surface area contributed by atoms with E-state index in [1.54, 1.807) is 30.3 Å². The number of anilines is 1. The monoisotopic (exact) mass is 497 g/mol. The van der Waals surface area contributed by atoms with Crippen LogP contribution in [-0.4, -0.2) is 34.7 Å². The van der Waals surface area contributed by atoms with Gasteiger partial charge in [-0.15, -0.1) is 13.2 Å². The number of carboxylic acids is 1. The number of hydrogen-bond acceptors (Lipinski definition) is 5. The fraction of sp³-hybridized carbons (Fsp3) is 0.115. The van der Waals surface area contributed by atoms with Crippen LogP contribution in [0.5, 0.6) is 5.75 Å². The number of rotatable bonds is 7. The van der Waals surface area contributed by atoms with Crippen molar-refractivity contribution in [2.75, 3.05) is 5.32 Å². The van der Waals surface area contributed by atoms with Crippen molar-refractivity contribution in [3.05, 3.63) is 78.1 Å². The summed E-state index contributed by atoms with van der Waals surface area (Å²) >= 11 is 0. The van der Waals surface area contributed by atoms with Crippen LogP contribution in [0.15, 0.2) is 66.7 Å². The number of benzene rings is 3. The highest BCUT2D eigenvalue weighted by atomic mass is 19.4. The van der Waals surface area contributed by atoms with Crippen LogP contribution in [-0.2, 0) is 4.79 Å². The fourth-order valence-corrected chi connectivity index (χ4v) is 3.74. The van der Waals surface area contributed by atoms with Gasteiger partial charge in [-0.25, -0.2) is 9.37 Å². The quantitative estimate of drug-likeness (QED) is 0.200. The van der Waals surface area contributed by atoms with Gasteiger partial charge in [0.15, 0.2) is 0 Å². The van der Waals surface area contributed by atoms with Crippen molar-refractivity contribution in [2.45, 2.75) is 19.3 Å². The zero-order valence-corrected chi connectivity index (χ0v) is 18.7. The van der Waals surface area contributed by atoms with Crippen LogP contribution in [0, 0.1) is 11.2 Å². The molecular weight excluding hydrogens is 478 g/mol. The molecule has 0 saturated carbocycles. The van der Waals surface area contributed by atoms with E-state index in [-0.39, 0.29) is 17.0 Å². The van der Waals surface area contributed by atoms with Crippen molar-refractivity contribution in [3.63, 3.8) is 0 Å². The van der Waals surface area contributed by atoms with E-state index in [0.29, 0.717) is 33.3 Å². The molecule has 1 unspecified atom stereocenters. The maximum atomic E-state index is 14.0. The highest BCUT2D eigenvalue weighted by Crippen LogP contribution is 2.35. The Morgan fingerprint density at radius 1 is 1.06 bits per heavy atom. The Hall–Kier alpha value is -4.47. The number of aromatic nitrogens is 1. The Labute approximate surface area is 202 Å². The lowest BCUT2D eigenvalue weighted by Gasteiger charge is -2.19. The van der Waals surface area contributed by atoms with E-state index in [0.717, 1.165) is 6.21 Å². The summed E-state index contributed by atoms with van der Waals surface area (Å²) in [6.07, 6.45) is -3.80. The second kappa shape index (κ2) is 9.65. The van der Waals surface area contributed by atoms with Crippen LogP contribution < -0.4 is 10.1 Å². The van der Waals surface area contributed by atoms with E-state index in [1.807, 2.05) is 0 Å². The first-order valence-corrected chi connectivity index (χ1v) is 10.7. The first-order valence-electron chi connectivity index (χ1n) is 10.7. The van der Waals surface area contributed by atoms with Gasteiger partial charge >= 0.3 is 12.3 Å². The number of nitrogens with one attached hydrogen (secondary N) is 2. The third kappa shape index (κ3) is 5.27. The molecule has 10 heteroatoms. The van der Waals surface area contributed by atoms with Crippen LogP contribution in [0.2, 0.25) is 0 Å². The number of alkyl halides is 3. The molecule has 0 saturated heterocycles. The number of ether oxygens (including phenoxy) is 1. The summed E-state index contributed by atoms with van der Waals surface area (Å²) < 4.78 is 55.7. The molecule has 0 aliphatic carbocycles. The minimum Gasteiger partial charge on any atom is -0.480 e. The fourth-order valence-electron chi connectivity index (χ4n) is 3.74. The second-order valence-corrected chi connectivity index (χ2v) is 7.91. The molecule has 4 aromatic rings. The van der Waals surface area contributed by atoms with E-state index in [1.165, 1.54) is 43.3 Å². The molecule has 1 aromatic heterocycles. The van der Waals surface area contributed by atoms with Gasteiger partial charge in [0, 0.05) is 22.7 Å². The summed E-state index contributed by atoms with van der Waals surface area (Å²) in [7, 11) is 0. The molecule has 1 heterocycles. The summed E-state index contributed by atoms with van der Waals surface area (Å²) in [6.45, 7) is 1.42. The average Bonchev–Trinajstić information content (AvgIpc) is 2.83. The first-order chi connectivity index (χ1) is 17.1. The summed E-state index contributed by atoms with van der Waals surface area (Å²) in [4.78, 5) is 16.0. The standard InChI is InChI=1S/C26H19F4N3O3/c1-14(25(34)35)32-24-20-12-18(27)9-10-22(20)33-23(21(24)13-31)16-7-5-15(6-8-16)17-3-2-4-19(11-17)36-26(28,29)30/h2-14,31H,1H3,(H,32,33)(H,34,35). The third-order valence-corrected chi connectivity index (χ3v) is 5.42. The average molecular weight is 497 g/mol. The number of halogens is 4. The molecular formula is C26H19F4N3O3. The number of hydrogen-bond donors (Lipinski definition) is 3. The molecule has 1 atom stereocenters. The van der Waals surface area contributed by atoms with Gasteiger partial charge in [-0.2, -0.15) is 0 Å². The van der Waals surface area contributed by atoms with Gasteiger partial charge in [-0.1, -0.05) is 36.4 Å². The van der Waals surface area contributed by atoms with Gasteiger partial charge in [-0.05, 0) is 48.4 Å². The van der Waals surface area contributed by atoms with Crippen LogP contribution in [0.3, 0.4) is 0 Å². The van der Waals surface area contributed by atoms with Crippen molar-refractivity contribution in [2.24, 2.45) is 0 Å². The van der Waals surface area contributed by atoms with Crippen LogP contribution in [0.1, 0.15) is 12.5 Å². The van der Waals surface area contributed by atoms with Gasteiger partial charge in [0.25, 0.3) is 0 Å². The second-order valence-electron chi connectivity index (χ2n) is 7.91. The van der Waals surface area contributed by atoms with Gasteiger partial charge in [0.1, 0.15) is 17.6 Å². The number of pyridine rings is 1. The van der Waals surface area contributed by atoms with Crippen LogP contribution in [0.4, 0.5) is 23.2 Å². The van der Waals surface area contributed by atoms with Crippen molar-refractivity contribution in [1.29, 1.82) is 5.41 Å². The zero-order valence-electron chi connectivity index (χ0n) is 18.7. The maximum Gasteiger partial charge on any atom is 0.573 e. The Morgan fingerprint density at radius 3 is 2.39 bits per heavy atom. The number of carbonyl (C=O) groups is 1. The minimum atomic E-state index is -4.81. The molecule has 0 aliphatic heterocycles. The van der Waals surface area contributed by atoms with Crippen molar-refractivity contribution in [3.8, 4) is 28.1 Å². The molecule has 0 bridgehead atoms. The van der Waals surface area contributed by atoms with E-state index < -0.39 is 24.2 Å². The maximum absolute atomic E-state index is 14.0. The lowest BCUT2D eigenvalue weighted by Crippen LogP contribution is -2.26. The molecule has 3 N–H and O–H groups in total. The lowest BCUT2D eigenvalue weighted by molar-refractivity contribution is -0.274. The van der Waals surface area contributed by atoms with Gasteiger partial charge in [-0.3, -0.25) is 4.79 Å². The number of aliphatic carboxylic acids is 1. The molecule has 184 valence electrons. The Kier molecular flexibility index (Phi) is 6.61. The molecule has 36 heavy (non-hydrogen) atoms. The van der Waals surface area contributed by atoms with E-state index in [9.17, 15) is 27.5 Å². The van der Waals surface area contributed by atoms with Crippen molar-refractivity contribution < 1.29 is 32.2 Å². The summed E-state index contributed by atoms with van der Waals surface area (Å²) in [5.74, 6) is -2.02. The van der Waals surface area contributed by atoms with E-state index >= 15 is 0 Å². The van der Waals surface area contributed by atoms with Gasteiger partial charge < -0.3 is 20.6 Å². The van der Waals surface area contributed by atoms with Crippen molar-refractivity contribution >= 4 is 28.8 Å². The smallest absolute Gasteiger partial charge is 0.480 e. The topological polar surface area (TPSA) is 95.3 Å². The molecule has 0 radical (unpaired) electrons. The third-order valence-electron chi connectivity index (χ3n) is 5.42. The molecule has 0 amide bonds. The Balaban J connectivity index is 1.79. The van der Waals surface area contributed by atoms with Crippen LogP contribution in [0.25, 0.3) is 33.3 Å². The number of fused-ring (bicyclic) bond motifs is 1. The highest BCUT2D eigenvalue weighted by Gasteiger charge is 2.31. The summed E-state index contributed by atoms with van der Waals surface area (Å²) in [5, 5.41) is 20.5. The van der Waals surface area contributed by atoms with Crippen molar-refractivity contribution in [1.82, 2.24) is 4.98 Å². The normalized spacial score (nSPS) is 12.2. The molecule has 0 fully saturated rings. The molecule has 0 aliphatic rings. The van der Waals surface area contributed by atoms with Gasteiger partial charge in [0.05, 0.1) is 16.9 Å². The molecule has 0 spiro atoms.